The molecule has 0 saturated heterocycles. The first-order chi connectivity index (χ1) is 10.3. The van der Waals surface area contributed by atoms with Crippen LogP contribution in [0, 0.1) is 0 Å². The predicted molar refractivity (Wildman–Crippen MR) is 85.8 cm³/mol. The Kier molecular flexibility index (Phi) is 4.30. The fraction of sp³-hybridized carbons (Fsp3) is 0.500. The molecule has 0 radical (unpaired) electrons. The highest BCUT2D eigenvalue weighted by Gasteiger charge is 2.41. The molecule has 6 nitrogen and oxygen atoms in total. The minimum absolute atomic E-state index is 0.00419. The minimum atomic E-state index is -1.02. The van der Waals surface area contributed by atoms with Crippen molar-refractivity contribution in [3.63, 3.8) is 0 Å². The maximum atomic E-state index is 12.6. The van der Waals surface area contributed by atoms with Crippen LogP contribution in [0.1, 0.15) is 27.7 Å². The average molecular weight is 305 g/mol. The highest BCUT2D eigenvalue weighted by atomic mass is 16.5. The van der Waals surface area contributed by atoms with Gasteiger partial charge in [-0.05, 0) is 39.8 Å². The zero-order valence-electron chi connectivity index (χ0n) is 13.5. The summed E-state index contributed by atoms with van der Waals surface area (Å²) in [7, 11) is 0. The van der Waals surface area contributed by atoms with Crippen LogP contribution in [0.3, 0.4) is 0 Å². The van der Waals surface area contributed by atoms with Gasteiger partial charge in [0.25, 0.3) is 5.91 Å². The second-order valence-corrected chi connectivity index (χ2v) is 5.80. The van der Waals surface area contributed by atoms with E-state index >= 15 is 0 Å². The number of likely N-dealkylation sites (N-methyl/N-ethyl adjacent to an activating group) is 1. The van der Waals surface area contributed by atoms with Crippen molar-refractivity contribution in [3.05, 3.63) is 18.2 Å². The normalized spacial score (nSPS) is 16.0. The molecule has 6 heteroatoms. The molecule has 120 valence electrons. The molecule has 22 heavy (non-hydrogen) atoms. The zero-order valence-corrected chi connectivity index (χ0v) is 13.5. The van der Waals surface area contributed by atoms with E-state index in [9.17, 15) is 9.59 Å². The fourth-order valence-corrected chi connectivity index (χ4v) is 2.56. The number of carbonyl (C=O) groups is 2. The number of hydrogen-bond donors (Lipinski definition) is 1. The summed E-state index contributed by atoms with van der Waals surface area (Å²) in [5.74, 6) is 0.209. The zero-order chi connectivity index (χ0) is 16.5. The Balaban J connectivity index is 2.37. The van der Waals surface area contributed by atoms with Gasteiger partial charge in [-0.1, -0.05) is 0 Å². The van der Waals surface area contributed by atoms with E-state index in [1.165, 1.54) is 4.90 Å². The number of nitrogen functional groups attached to an aromatic ring is 1. The number of nitrogens with zero attached hydrogens (tertiary/aromatic N) is 2. The van der Waals surface area contributed by atoms with E-state index in [2.05, 4.69) is 0 Å². The summed E-state index contributed by atoms with van der Waals surface area (Å²) < 4.78 is 5.74. The van der Waals surface area contributed by atoms with Crippen LogP contribution in [0.5, 0.6) is 5.75 Å². The molecular formula is C16H23N3O3. The lowest BCUT2D eigenvalue weighted by molar-refractivity contribution is -0.136. The first kappa shape index (κ1) is 16.1. The summed E-state index contributed by atoms with van der Waals surface area (Å²) in [6.45, 7) is 8.46. The van der Waals surface area contributed by atoms with Gasteiger partial charge in [0.1, 0.15) is 12.3 Å². The van der Waals surface area contributed by atoms with E-state index < -0.39 is 5.60 Å². The Labute approximate surface area is 130 Å². The summed E-state index contributed by atoms with van der Waals surface area (Å²) in [6.07, 6.45) is 0. The topological polar surface area (TPSA) is 75.9 Å². The molecule has 1 heterocycles. The molecule has 0 atom stereocenters. The second-order valence-electron chi connectivity index (χ2n) is 5.80. The van der Waals surface area contributed by atoms with Gasteiger partial charge in [-0.25, -0.2) is 0 Å². The molecule has 0 saturated carbocycles. The number of nitrogens with two attached hydrogens (primary N) is 1. The molecule has 1 aromatic rings. The van der Waals surface area contributed by atoms with Crippen LogP contribution in [0.15, 0.2) is 18.2 Å². The van der Waals surface area contributed by atoms with Gasteiger partial charge in [0.2, 0.25) is 5.91 Å². The van der Waals surface area contributed by atoms with Crippen molar-refractivity contribution >= 4 is 23.2 Å². The summed E-state index contributed by atoms with van der Waals surface area (Å²) >= 11 is 0. The van der Waals surface area contributed by atoms with Crippen LogP contribution in [-0.2, 0) is 9.59 Å². The van der Waals surface area contributed by atoms with Gasteiger partial charge < -0.3 is 15.4 Å². The molecule has 1 aliphatic rings. The Morgan fingerprint density at radius 1 is 1.32 bits per heavy atom. The van der Waals surface area contributed by atoms with Gasteiger partial charge in [-0.15, -0.1) is 0 Å². The molecule has 1 aliphatic heterocycles. The second kappa shape index (κ2) is 5.87. The maximum Gasteiger partial charge on any atom is 0.271 e. The van der Waals surface area contributed by atoms with E-state index in [0.717, 1.165) is 0 Å². The molecular weight excluding hydrogens is 282 g/mol. The summed E-state index contributed by atoms with van der Waals surface area (Å²) in [5, 5.41) is 0. The molecule has 2 rings (SSSR count). The third-order valence-corrected chi connectivity index (χ3v) is 3.81. The van der Waals surface area contributed by atoms with Crippen molar-refractivity contribution in [1.29, 1.82) is 0 Å². The quantitative estimate of drug-likeness (QED) is 0.858. The lowest BCUT2D eigenvalue weighted by atomic mass is 10.0. The SMILES string of the molecule is CCN(CC)C(=O)CN1C(=O)C(C)(C)Oc2cc(N)ccc21. The van der Waals surface area contributed by atoms with E-state index in [-0.39, 0.29) is 18.4 Å². The van der Waals surface area contributed by atoms with Gasteiger partial charge in [0.15, 0.2) is 5.60 Å². The Bertz CT molecular complexity index is 594. The maximum absolute atomic E-state index is 12.6. The summed E-state index contributed by atoms with van der Waals surface area (Å²) in [6, 6.07) is 5.09. The van der Waals surface area contributed by atoms with Crippen LogP contribution < -0.4 is 15.4 Å². The van der Waals surface area contributed by atoms with Gasteiger partial charge in [-0.2, -0.15) is 0 Å². The molecule has 2 amide bonds. The number of hydrogen-bond acceptors (Lipinski definition) is 4. The third-order valence-electron chi connectivity index (χ3n) is 3.81. The van der Waals surface area contributed by atoms with Crippen molar-refractivity contribution < 1.29 is 14.3 Å². The standard InChI is InChI=1S/C16H23N3O3/c1-5-18(6-2)14(20)10-19-12-8-7-11(17)9-13(12)22-16(3,4)15(19)21/h7-9H,5-6,10,17H2,1-4H3. The summed E-state index contributed by atoms with van der Waals surface area (Å²) in [5.41, 5.74) is 5.90. The molecule has 1 aromatic carbocycles. The number of amides is 2. The smallest absolute Gasteiger partial charge is 0.271 e. The van der Waals surface area contributed by atoms with Crippen LogP contribution in [-0.4, -0.2) is 41.9 Å². The highest BCUT2D eigenvalue weighted by molar-refractivity contribution is 6.05. The average Bonchev–Trinajstić information content (AvgIpc) is 2.44. The van der Waals surface area contributed by atoms with Crippen molar-refractivity contribution in [2.24, 2.45) is 0 Å². The molecule has 0 unspecified atom stereocenters. The van der Waals surface area contributed by atoms with E-state index in [0.29, 0.717) is 30.2 Å². The summed E-state index contributed by atoms with van der Waals surface area (Å²) in [4.78, 5) is 28.2. The van der Waals surface area contributed by atoms with E-state index in [1.807, 2.05) is 13.8 Å². The van der Waals surface area contributed by atoms with Gasteiger partial charge in [-0.3, -0.25) is 14.5 Å². The predicted octanol–water partition coefficient (Wildman–Crippen LogP) is 1.64. The lowest BCUT2D eigenvalue weighted by Crippen LogP contribution is -2.55. The van der Waals surface area contributed by atoms with Crippen LogP contribution in [0.4, 0.5) is 11.4 Å². The van der Waals surface area contributed by atoms with Crippen molar-refractivity contribution in [1.82, 2.24) is 4.90 Å². The van der Waals surface area contributed by atoms with E-state index in [4.69, 9.17) is 10.5 Å². The number of ether oxygens (including phenoxy) is 1. The number of carbonyl (C=O) groups excluding carboxylic acids is 2. The Morgan fingerprint density at radius 3 is 2.55 bits per heavy atom. The Morgan fingerprint density at radius 2 is 1.95 bits per heavy atom. The number of rotatable bonds is 4. The number of fused-ring (bicyclic) bond motifs is 1. The van der Waals surface area contributed by atoms with Gasteiger partial charge in [0, 0.05) is 24.8 Å². The first-order valence-electron chi connectivity index (χ1n) is 7.48. The minimum Gasteiger partial charge on any atom is -0.476 e. The molecule has 0 aliphatic carbocycles. The largest absolute Gasteiger partial charge is 0.476 e. The van der Waals surface area contributed by atoms with Crippen LogP contribution in [0.25, 0.3) is 0 Å². The van der Waals surface area contributed by atoms with Gasteiger partial charge in [0.05, 0.1) is 5.69 Å². The van der Waals surface area contributed by atoms with Crippen molar-refractivity contribution in [2.45, 2.75) is 33.3 Å². The van der Waals surface area contributed by atoms with Crippen LogP contribution in [0.2, 0.25) is 0 Å². The Hall–Kier alpha value is -2.24. The molecule has 0 fully saturated rings. The molecule has 0 bridgehead atoms. The third kappa shape index (κ3) is 2.86. The lowest BCUT2D eigenvalue weighted by Gasteiger charge is -2.39. The van der Waals surface area contributed by atoms with Gasteiger partial charge >= 0.3 is 0 Å². The molecule has 2 N–H and O–H groups in total. The molecule has 0 aromatic heterocycles. The van der Waals surface area contributed by atoms with Crippen LogP contribution >= 0.6 is 0 Å². The van der Waals surface area contributed by atoms with Crippen molar-refractivity contribution in [3.8, 4) is 5.75 Å². The monoisotopic (exact) mass is 305 g/mol. The highest BCUT2D eigenvalue weighted by Crippen LogP contribution is 2.38. The first-order valence-corrected chi connectivity index (χ1v) is 7.48. The number of benzene rings is 1. The van der Waals surface area contributed by atoms with E-state index in [1.54, 1.807) is 36.9 Å². The van der Waals surface area contributed by atoms with Crippen molar-refractivity contribution in [2.75, 3.05) is 30.3 Å². The molecule has 0 spiro atoms. The fourth-order valence-electron chi connectivity index (χ4n) is 2.56. The number of anilines is 2.